The minimum absolute atomic E-state index is 0.205. The van der Waals surface area contributed by atoms with Crippen LogP contribution in [0.15, 0.2) is 73.1 Å². The van der Waals surface area contributed by atoms with E-state index in [4.69, 9.17) is 42.1 Å². The molecule has 2 aromatic heterocycles. The lowest BCUT2D eigenvalue weighted by Crippen LogP contribution is -2.30. The van der Waals surface area contributed by atoms with E-state index in [1.54, 1.807) is 31.4 Å². The van der Waals surface area contributed by atoms with Crippen molar-refractivity contribution in [2.24, 2.45) is 0 Å². The maximum absolute atomic E-state index is 13.5. The molecule has 9 nitrogen and oxygen atoms in total. The van der Waals surface area contributed by atoms with E-state index in [-0.39, 0.29) is 12.4 Å². The number of thiophene rings is 1. The summed E-state index contributed by atoms with van der Waals surface area (Å²) in [5.74, 6) is 0.157. The van der Waals surface area contributed by atoms with E-state index in [0.29, 0.717) is 50.7 Å². The molecule has 0 spiro atoms. The maximum atomic E-state index is 13.5. The van der Waals surface area contributed by atoms with Gasteiger partial charge in [-0.05, 0) is 61.5 Å². The van der Waals surface area contributed by atoms with Crippen molar-refractivity contribution in [2.45, 2.75) is 31.5 Å². The van der Waals surface area contributed by atoms with Crippen molar-refractivity contribution in [2.75, 3.05) is 41.5 Å². The number of aromatic nitrogens is 1. The molecule has 46 heavy (non-hydrogen) atoms. The van der Waals surface area contributed by atoms with E-state index in [1.807, 2.05) is 55.4 Å². The van der Waals surface area contributed by atoms with Crippen LogP contribution in [0.2, 0.25) is 10.0 Å². The van der Waals surface area contributed by atoms with Gasteiger partial charge in [-0.2, -0.15) is 0 Å². The molecule has 0 aliphatic heterocycles. The topological polar surface area (TPSA) is 99.2 Å². The van der Waals surface area contributed by atoms with Crippen LogP contribution in [0.5, 0.6) is 11.5 Å². The molecule has 2 heterocycles. The molecule has 4 rings (SSSR count). The summed E-state index contributed by atoms with van der Waals surface area (Å²) < 4.78 is 22.5. The van der Waals surface area contributed by atoms with E-state index < -0.39 is 18.1 Å². The zero-order valence-corrected chi connectivity index (χ0v) is 28.5. The number of hydrogen-bond donors (Lipinski definition) is 1. The van der Waals surface area contributed by atoms with Gasteiger partial charge in [-0.15, -0.1) is 11.3 Å². The van der Waals surface area contributed by atoms with Gasteiger partial charge in [0.15, 0.2) is 11.5 Å². The van der Waals surface area contributed by atoms with Crippen LogP contribution in [0.4, 0.5) is 0 Å². The summed E-state index contributed by atoms with van der Waals surface area (Å²) in [5, 5.41) is 4.03. The van der Waals surface area contributed by atoms with Gasteiger partial charge < -0.3 is 23.8 Å². The van der Waals surface area contributed by atoms with Crippen LogP contribution in [-0.4, -0.2) is 63.3 Å². The predicted octanol–water partition coefficient (Wildman–Crippen LogP) is 6.93. The van der Waals surface area contributed by atoms with E-state index in [0.717, 1.165) is 23.4 Å². The third-order valence-electron chi connectivity index (χ3n) is 7.08. The van der Waals surface area contributed by atoms with Crippen LogP contribution in [0.3, 0.4) is 0 Å². The maximum Gasteiger partial charge on any atom is 0.348 e. The molecule has 2 unspecified atom stereocenters. The Morgan fingerprint density at radius 2 is 1.65 bits per heavy atom. The number of methoxy groups -OCH3 is 2. The fourth-order valence-corrected chi connectivity index (χ4v) is 6.05. The SMILES string of the molecule is COc1ccc(C(Cc2c(Cl)cncc2Cl)OC(=O)c2ccc(CNC(C(=O)OCCCN(C)C)c3ccccc3)s2)cc1OC. The zero-order chi connectivity index (χ0) is 33.1. The quantitative estimate of drug-likeness (QED) is 0.0994. The van der Waals surface area contributed by atoms with Gasteiger partial charge in [0, 0.05) is 36.8 Å². The molecule has 12 heteroatoms. The van der Waals surface area contributed by atoms with E-state index in [2.05, 4.69) is 10.3 Å². The van der Waals surface area contributed by atoms with Crippen LogP contribution in [-0.2, 0) is 27.2 Å². The van der Waals surface area contributed by atoms with Gasteiger partial charge in [-0.25, -0.2) is 9.59 Å². The number of nitrogens with one attached hydrogen (secondary N) is 1. The van der Waals surface area contributed by atoms with Crippen molar-refractivity contribution in [1.29, 1.82) is 0 Å². The number of carbonyl (C=O) groups is 2. The number of esters is 2. The number of rotatable bonds is 16. The minimum atomic E-state index is -0.752. The summed E-state index contributed by atoms with van der Waals surface area (Å²) in [7, 11) is 7.04. The first-order valence-corrected chi connectivity index (χ1v) is 16.2. The second-order valence-corrected chi connectivity index (χ2v) is 12.6. The fraction of sp³-hybridized carbons (Fsp3) is 0.324. The van der Waals surface area contributed by atoms with Gasteiger partial charge >= 0.3 is 11.9 Å². The summed E-state index contributed by atoms with van der Waals surface area (Å²) in [6, 6.07) is 17.6. The Morgan fingerprint density at radius 3 is 2.33 bits per heavy atom. The number of hydrogen-bond acceptors (Lipinski definition) is 10. The molecule has 1 N–H and O–H groups in total. The van der Waals surface area contributed by atoms with E-state index >= 15 is 0 Å². The Morgan fingerprint density at radius 1 is 0.935 bits per heavy atom. The lowest BCUT2D eigenvalue weighted by Gasteiger charge is -2.20. The molecule has 0 radical (unpaired) electrons. The monoisotopic (exact) mass is 685 g/mol. The van der Waals surface area contributed by atoms with Crippen LogP contribution in [0.25, 0.3) is 0 Å². The summed E-state index contributed by atoms with van der Waals surface area (Å²) in [6.45, 7) is 1.49. The van der Waals surface area contributed by atoms with Crippen LogP contribution >= 0.6 is 34.5 Å². The molecule has 4 aromatic rings. The smallest absolute Gasteiger partial charge is 0.348 e. The van der Waals surface area contributed by atoms with Crippen molar-refractivity contribution in [3.05, 3.63) is 110 Å². The molecule has 0 bridgehead atoms. The Balaban J connectivity index is 1.49. The molecule has 0 saturated heterocycles. The van der Waals surface area contributed by atoms with Crippen LogP contribution in [0.1, 0.15) is 49.8 Å². The van der Waals surface area contributed by atoms with E-state index in [9.17, 15) is 9.59 Å². The van der Waals surface area contributed by atoms with Crippen molar-refractivity contribution in [3.63, 3.8) is 0 Å². The molecule has 0 amide bonds. The second-order valence-electron chi connectivity index (χ2n) is 10.6. The van der Waals surface area contributed by atoms with Gasteiger partial charge in [-0.3, -0.25) is 10.3 Å². The average Bonchev–Trinajstić information content (AvgIpc) is 3.53. The summed E-state index contributed by atoms with van der Waals surface area (Å²) in [5.41, 5.74) is 2.06. The number of carbonyl (C=O) groups excluding carboxylic acids is 2. The van der Waals surface area contributed by atoms with Gasteiger partial charge in [0.25, 0.3) is 0 Å². The zero-order valence-electron chi connectivity index (χ0n) is 26.1. The van der Waals surface area contributed by atoms with Gasteiger partial charge in [0.2, 0.25) is 0 Å². The average molecular weight is 687 g/mol. The number of nitrogens with zero attached hydrogens (tertiary/aromatic N) is 2. The Labute approximate surface area is 283 Å². The highest BCUT2D eigenvalue weighted by molar-refractivity contribution is 7.13. The van der Waals surface area contributed by atoms with Crippen LogP contribution in [0, 0.1) is 0 Å². The second kappa shape index (κ2) is 17.3. The normalized spacial score (nSPS) is 12.4. The third kappa shape index (κ3) is 9.67. The first kappa shape index (κ1) is 35.2. The molecule has 2 atom stereocenters. The highest BCUT2D eigenvalue weighted by atomic mass is 35.5. The highest BCUT2D eigenvalue weighted by Crippen LogP contribution is 2.36. The first-order chi connectivity index (χ1) is 22.2. The Bertz CT molecular complexity index is 1580. The van der Waals surface area contributed by atoms with Crippen molar-refractivity contribution in [1.82, 2.24) is 15.2 Å². The highest BCUT2D eigenvalue weighted by Gasteiger charge is 2.25. The molecule has 0 aliphatic rings. The van der Waals surface area contributed by atoms with Gasteiger partial charge in [-0.1, -0.05) is 59.6 Å². The number of halogens is 2. The molecule has 0 fully saturated rings. The number of pyridine rings is 1. The van der Waals surface area contributed by atoms with Gasteiger partial charge in [0.05, 0.1) is 30.9 Å². The van der Waals surface area contributed by atoms with Crippen molar-refractivity contribution < 1.29 is 28.5 Å². The third-order valence-corrected chi connectivity index (χ3v) is 8.79. The molecule has 244 valence electrons. The Kier molecular flexibility index (Phi) is 13.2. The number of ether oxygens (including phenoxy) is 4. The van der Waals surface area contributed by atoms with Crippen LogP contribution < -0.4 is 14.8 Å². The minimum Gasteiger partial charge on any atom is -0.493 e. The Hall–Kier alpha value is -3.67. The number of benzene rings is 2. The standard InChI is InChI=1S/C34H37Cl2N3O6S/c1-39(2)15-8-16-44-34(41)32(22-9-6-5-7-10-22)38-19-24-12-14-31(46-24)33(40)45-29(18-25-26(35)20-37-21-27(25)36)23-11-13-28(42-3)30(17-23)43-4/h5-7,9-14,17,20-21,29,32,38H,8,15-16,18-19H2,1-4H3. The lowest BCUT2D eigenvalue weighted by atomic mass is 10.0. The fourth-order valence-electron chi connectivity index (χ4n) is 4.69. The molecular formula is C34H37Cl2N3O6S. The summed E-state index contributed by atoms with van der Waals surface area (Å²) >= 11 is 14.1. The lowest BCUT2D eigenvalue weighted by molar-refractivity contribution is -0.146. The first-order valence-electron chi connectivity index (χ1n) is 14.6. The molecule has 0 aliphatic carbocycles. The van der Waals surface area contributed by atoms with Crippen molar-refractivity contribution >= 4 is 46.5 Å². The van der Waals surface area contributed by atoms with Crippen molar-refractivity contribution in [3.8, 4) is 11.5 Å². The summed E-state index contributed by atoms with van der Waals surface area (Å²) in [6.07, 6.45) is 3.18. The molecular weight excluding hydrogens is 649 g/mol. The van der Waals surface area contributed by atoms with E-state index in [1.165, 1.54) is 30.8 Å². The van der Waals surface area contributed by atoms with Gasteiger partial charge in [0.1, 0.15) is 17.0 Å². The molecule has 0 saturated carbocycles. The predicted molar refractivity (Wildman–Crippen MR) is 180 cm³/mol. The molecule has 2 aromatic carbocycles. The largest absolute Gasteiger partial charge is 0.493 e. The summed E-state index contributed by atoms with van der Waals surface area (Å²) in [4.78, 5) is 33.9.